The lowest BCUT2D eigenvalue weighted by molar-refractivity contribution is 0.0708. The fourth-order valence-corrected chi connectivity index (χ4v) is 4.15. The van der Waals surface area contributed by atoms with E-state index in [4.69, 9.17) is 5.73 Å². The average Bonchev–Trinajstić information content (AvgIpc) is 2.47. The molecule has 1 amide bonds. The Morgan fingerprint density at radius 3 is 2.24 bits per heavy atom. The van der Waals surface area contributed by atoms with E-state index in [1.165, 1.54) is 6.42 Å². The predicted molar refractivity (Wildman–Crippen MR) is 85.0 cm³/mol. The van der Waals surface area contributed by atoms with Crippen molar-refractivity contribution in [3.05, 3.63) is 11.4 Å². The molecule has 0 aromatic carbocycles. The van der Waals surface area contributed by atoms with Crippen molar-refractivity contribution in [2.75, 3.05) is 5.73 Å². The first-order chi connectivity index (χ1) is 9.51. The number of carbonyl (C=O) groups excluding carboxylic acids is 1. The van der Waals surface area contributed by atoms with E-state index in [0.717, 1.165) is 12.8 Å². The van der Waals surface area contributed by atoms with Crippen LogP contribution in [0.1, 0.15) is 63.1 Å². The Bertz CT molecular complexity index is 541. The van der Waals surface area contributed by atoms with Gasteiger partial charge in [-0.05, 0) is 37.0 Å². The third-order valence-corrected chi connectivity index (χ3v) is 4.37. The zero-order valence-corrected chi connectivity index (χ0v) is 14.1. The molecule has 21 heavy (non-hydrogen) atoms. The standard InChI is InChI=1S/C16H28N4O/c1-10-12(17)13(20(6)19-10)14(21)18-11-7-15(2,3)9-16(4,5)8-11/h11H,7-9,17H2,1-6H3,(H,18,21). The summed E-state index contributed by atoms with van der Waals surface area (Å²) in [6, 6.07) is 0.186. The molecule has 1 aliphatic carbocycles. The van der Waals surface area contributed by atoms with Crippen molar-refractivity contribution in [3.8, 4) is 0 Å². The van der Waals surface area contributed by atoms with Crippen molar-refractivity contribution in [3.63, 3.8) is 0 Å². The largest absolute Gasteiger partial charge is 0.395 e. The van der Waals surface area contributed by atoms with Gasteiger partial charge in [0.2, 0.25) is 0 Å². The Kier molecular flexibility index (Phi) is 3.80. The fraction of sp³-hybridized carbons (Fsp3) is 0.750. The van der Waals surface area contributed by atoms with Crippen LogP contribution >= 0.6 is 0 Å². The third-order valence-electron chi connectivity index (χ3n) is 4.37. The molecule has 1 fully saturated rings. The number of nitrogens with one attached hydrogen (secondary N) is 1. The maximum atomic E-state index is 12.5. The van der Waals surface area contributed by atoms with Crippen LogP contribution in [0, 0.1) is 17.8 Å². The maximum Gasteiger partial charge on any atom is 0.271 e. The number of amides is 1. The molecular formula is C16H28N4O. The van der Waals surface area contributed by atoms with Crippen molar-refractivity contribution in [2.24, 2.45) is 17.9 Å². The summed E-state index contributed by atoms with van der Waals surface area (Å²) < 4.78 is 1.57. The molecule has 0 bridgehead atoms. The number of nitrogen functional groups attached to an aromatic ring is 1. The van der Waals surface area contributed by atoms with Gasteiger partial charge in [0.15, 0.2) is 0 Å². The highest BCUT2D eigenvalue weighted by atomic mass is 16.2. The summed E-state index contributed by atoms with van der Waals surface area (Å²) in [5.74, 6) is -0.117. The second kappa shape index (κ2) is 5.04. The van der Waals surface area contributed by atoms with Crippen molar-refractivity contribution in [1.82, 2.24) is 15.1 Å². The number of nitrogens with two attached hydrogens (primary N) is 1. The summed E-state index contributed by atoms with van der Waals surface area (Å²) in [5, 5.41) is 7.37. The zero-order chi connectivity index (χ0) is 16.0. The van der Waals surface area contributed by atoms with Crippen molar-refractivity contribution < 1.29 is 4.79 Å². The fourth-order valence-electron chi connectivity index (χ4n) is 4.15. The minimum Gasteiger partial charge on any atom is -0.395 e. The van der Waals surface area contributed by atoms with Gasteiger partial charge in [0, 0.05) is 13.1 Å². The summed E-state index contributed by atoms with van der Waals surface area (Å²) >= 11 is 0. The number of nitrogens with zero attached hydrogens (tertiary/aromatic N) is 2. The highest BCUT2D eigenvalue weighted by Gasteiger charge is 2.39. The smallest absolute Gasteiger partial charge is 0.271 e. The van der Waals surface area contributed by atoms with Crippen LogP contribution in [0.15, 0.2) is 0 Å². The summed E-state index contributed by atoms with van der Waals surface area (Å²) in [6.07, 6.45) is 3.18. The number of anilines is 1. The lowest BCUT2D eigenvalue weighted by Crippen LogP contribution is -2.46. The van der Waals surface area contributed by atoms with Crippen LogP contribution in [0.4, 0.5) is 5.69 Å². The van der Waals surface area contributed by atoms with Gasteiger partial charge < -0.3 is 11.1 Å². The Morgan fingerprint density at radius 2 is 1.81 bits per heavy atom. The number of aromatic nitrogens is 2. The lowest BCUT2D eigenvalue weighted by Gasteiger charge is -2.45. The van der Waals surface area contributed by atoms with Gasteiger partial charge in [-0.1, -0.05) is 27.7 Å². The minimum atomic E-state index is -0.117. The Hall–Kier alpha value is -1.52. The predicted octanol–water partition coefficient (Wildman–Crippen LogP) is 2.65. The van der Waals surface area contributed by atoms with Crippen LogP contribution in [0.3, 0.4) is 0 Å². The first-order valence-electron chi connectivity index (χ1n) is 7.61. The number of aryl methyl sites for hydroxylation is 2. The van der Waals surface area contributed by atoms with Gasteiger partial charge in [0.1, 0.15) is 5.69 Å². The molecule has 5 nitrogen and oxygen atoms in total. The van der Waals surface area contributed by atoms with Crippen LogP contribution in [0.5, 0.6) is 0 Å². The van der Waals surface area contributed by atoms with Crippen molar-refractivity contribution >= 4 is 11.6 Å². The van der Waals surface area contributed by atoms with Gasteiger partial charge in [0.05, 0.1) is 11.4 Å². The molecule has 1 heterocycles. The molecule has 0 radical (unpaired) electrons. The van der Waals surface area contributed by atoms with E-state index in [9.17, 15) is 4.79 Å². The second-order valence-electron chi connectivity index (χ2n) is 8.06. The van der Waals surface area contributed by atoms with E-state index < -0.39 is 0 Å². The molecule has 0 spiro atoms. The molecule has 1 aromatic rings. The molecule has 0 saturated heterocycles. The summed E-state index contributed by atoms with van der Waals surface area (Å²) in [4.78, 5) is 12.5. The van der Waals surface area contributed by atoms with Crippen LogP contribution in [-0.2, 0) is 7.05 Å². The van der Waals surface area contributed by atoms with E-state index >= 15 is 0 Å². The average molecular weight is 292 g/mol. The first-order valence-corrected chi connectivity index (χ1v) is 7.61. The summed E-state index contributed by atoms with van der Waals surface area (Å²) in [7, 11) is 1.76. The highest BCUT2D eigenvalue weighted by Crippen LogP contribution is 2.45. The quantitative estimate of drug-likeness (QED) is 0.880. The normalized spacial score (nSPS) is 21.2. The van der Waals surface area contributed by atoms with Gasteiger partial charge in [-0.25, -0.2) is 0 Å². The summed E-state index contributed by atoms with van der Waals surface area (Å²) in [5.41, 5.74) is 8.10. The van der Waals surface area contributed by atoms with Crippen molar-refractivity contribution in [2.45, 2.75) is 59.9 Å². The molecule has 0 unspecified atom stereocenters. The zero-order valence-electron chi connectivity index (χ0n) is 14.1. The van der Waals surface area contributed by atoms with E-state index in [-0.39, 0.29) is 22.8 Å². The molecule has 0 atom stereocenters. The molecule has 1 saturated carbocycles. The number of hydrogen-bond acceptors (Lipinski definition) is 3. The third kappa shape index (κ3) is 3.39. The van der Waals surface area contributed by atoms with Gasteiger partial charge >= 0.3 is 0 Å². The van der Waals surface area contributed by atoms with Gasteiger partial charge in [0.25, 0.3) is 5.91 Å². The molecular weight excluding hydrogens is 264 g/mol. The van der Waals surface area contributed by atoms with Gasteiger partial charge in [-0.2, -0.15) is 5.10 Å². The first kappa shape index (κ1) is 15.9. The van der Waals surface area contributed by atoms with E-state index in [2.05, 4.69) is 38.1 Å². The Balaban J connectivity index is 2.16. The molecule has 0 aliphatic heterocycles. The molecule has 1 aromatic heterocycles. The van der Waals surface area contributed by atoms with Gasteiger partial charge in [-0.15, -0.1) is 0 Å². The molecule has 2 rings (SSSR count). The highest BCUT2D eigenvalue weighted by molar-refractivity contribution is 5.98. The minimum absolute atomic E-state index is 0.117. The topological polar surface area (TPSA) is 72.9 Å². The molecule has 5 heteroatoms. The lowest BCUT2D eigenvalue weighted by atomic mass is 9.63. The number of hydrogen-bond donors (Lipinski definition) is 2. The van der Waals surface area contributed by atoms with Crippen LogP contribution in [-0.4, -0.2) is 21.7 Å². The number of rotatable bonds is 2. The van der Waals surface area contributed by atoms with E-state index in [0.29, 0.717) is 17.1 Å². The molecule has 3 N–H and O–H groups in total. The number of carbonyl (C=O) groups is 1. The van der Waals surface area contributed by atoms with E-state index in [1.807, 2.05) is 6.92 Å². The maximum absolute atomic E-state index is 12.5. The SMILES string of the molecule is Cc1nn(C)c(C(=O)NC2CC(C)(C)CC(C)(C)C2)c1N. The van der Waals surface area contributed by atoms with Crippen LogP contribution < -0.4 is 11.1 Å². The summed E-state index contributed by atoms with van der Waals surface area (Å²) in [6.45, 7) is 10.9. The molecule has 118 valence electrons. The monoisotopic (exact) mass is 292 g/mol. The second-order valence-corrected chi connectivity index (χ2v) is 8.06. The van der Waals surface area contributed by atoms with Crippen molar-refractivity contribution in [1.29, 1.82) is 0 Å². The molecule has 1 aliphatic rings. The van der Waals surface area contributed by atoms with E-state index in [1.54, 1.807) is 11.7 Å². The van der Waals surface area contributed by atoms with Crippen LogP contribution in [0.25, 0.3) is 0 Å². The van der Waals surface area contributed by atoms with Crippen LogP contribution in [0.2, 0.25) is 0 Å². The Labute approximate surface area is 127 Å². The van der Waals surface area contributed by atoms with Gasteiger partial charge in [-0.3, -0.25) is 9.48 Å². The Morgan fingerprint density at radius 1 is 1.29 bits per heavy atom.